The topological polar surface area (TPSA) is 80.0 Å². The molecule has 1 aromatic carbocycles. The summed E-state index contributed by atoms with van der Waals surface area (Å²) in [6, 6.07) is 9.07. The van der Waals surface area contributed by atoms with E-state index in [9.17, 15) is 4.79 Å². The number of amides is 1. The van der Waals surface area contributed by atoms with Gasteiger partial charge < -0.3 is 15.1 Å². The van der Waals surface area contributed by atoms with Crippen molar-refractivity contribution in [2.75, 3.05) is 5.32 Å². The van der Waals surface area contributed by atoms with Gasteiger partial charge in [-0.3, -0.25) is 4.79 Å². The number of nitrogens with zero attached hydrogens (tertiary/aromatic N) is 2. The Morgan fingerprint density at radius 1 is 1.25 bits per heavy atom. The van der Waals surface area contributed by atoms with Gasteiger partial charge in [-0.2, -0.15) is 0 Å². The van der Waals surface area contributed by atoms with Crippen LogP contribution in [0.25, 0.3) is 0 Å². The zero-order chi connectivity index (χ0) is 16.9. The minimum atomic E-state index is -0.267. The summed E-state index contributed by atoms with van der Waals surface area (Å²) in [6.07, 6.45) is 4.49. The SMILES string of the molecule is Cc1ccc(Cl)cc1Nc1ncc(C(=O)NCc2ccco2)cn1. The quantitative estimate of drug-likeness (QED) is 0.739. The highest BCUT2D eigenvalue weighted by molar-refractivity contribution is 6.30. The Labute approximate surface area is 143 Å². The van der Waals surface area contributed by atoms with Crippen LogP contribution in [0.4, 0.5) is 11.6 Å². The predicted molar refractivity (Wildman–Crippen MR) is 91.4 cm³/mol. The normalized spacial score (nSPS) is 10.4. The van der Waals surface area contributed by atoms with Crippen LogP contribution in [0.5, 0.6) is 0 Å². The molecule has 6 nitrogen and oxygen atoms in total. The Hall–Kier alpha value is -2.86. The Kier molecular flexibility index (Phi) is 4.77. The van der Waals surface area contributed by atoms with Crippen LogP contribution in [0, 0.1) is 6.92 Å². The van der Waals surface area contributed by atoms with Crippen LogP contribution >= 0.6 is 11.6 Å². The number of furan rings is 1. The molecule has 0 aliphatic heterocycles. The number of nitrogens with one attached hydrogen (secondary N) is 2. The van der Waals surface area contributed by atoms with E-state index in [2.05, 4.69) is 20.6 Å². The van der Waals surface area contributed by atoms with Gasteiger partial charge in [-0.25, -0.2) is 9.97 Å². The van der Waals surface area contributed by atoms with Crippen LogP contribution in [-0.2, 0) is 6.54 Å². The first-order valence-electron chi connectivity index (χ1n) is 7.27. The molecule has 0 fully saturated rings. The van der Waals surface area contributed by atoms with Gasteiger partial charge in [-0.05, 0) is 36.8 Å². The van der Waals surface area contributed by atoms with E-state index in [1.165, 1.54) is 12.4 Å². The van der Waals surface area contributed by atoms with Crippen LogP contribution in [0.1, 0.15) is 21.7 Å². The van der Waals surface area contributed by atoms with Gasteiger partial charge in [0.25, 0.3) is 5.91 Å². The molecule has 0 bridgehead atoms. The van der Waals surface area contributed by atoms with Crippen molar-refractivity contribution in [2.45, 2.75) is 13.5 Å². The molecule has 0 aliphatic rings. The number of aromatic nitrogens is 2. The number of hydrogen-bond donors (Lipinski definition) is 2. The number of carbonyl (C=O) groups is 1. The molecule has 0 saturated carbocycles. The van der Waals surface area contributed by atoms with Gasteiger partial charge in [0.1, 0.15) is 5.76 Å². The maximum absolute atomic E-state index is 12.0. The number of anilines is 2. The summed E-state index contributed by atoms with van der Waals surface area (Å²) < 4.78 is 5.16. The summed E-state index contributed by atoms with van der Waals surface area (Å²) in [4.78, 5) is 20.4. The van der Waals surface area contributed by atoms with Crippen molar-refractivity contribution in [2.24, 2.45) is 0 Å². The fraction of sp³-hybridized carbons (Fsp3) is 0.118. The highest BCUT2D eigenvalue weighted by Crippen LogP contribution is 2.22. The smallest absolute Gasteiger partial charge is 0.254 e. The first-order valence-corrected chi connectivity index (χ1v) is 7.65. The number of hydrogen-bond acceptors (Lipinski definition) is 5. The lowest BCUT2D eigenvalue weighted by molar-refractivity contribution is 0.0947. The number of aryl methyl sites for hydroxylation is 1. The second-order valence-corrected chi connectivity index (χ2v) is 5.58. The average Bonchev–Trinajstić information content (AvgIpc) is 3.10. The molecule has 2 heterocycles. The third kappa shape index (κ3) is 3.91. The van der Waals surface area contributed by atoms with E-state index in [0.29, 0.717) is 28.8 Å². The second kappa shape index (κ2) is 7.14. The van der Waals surface area contributed by atoms with Crippen LogP contribution in [-0.4, -0.2) is 15.9 Å². The van der Waals surface area contributed by atoms with Gasteiger partial charge in [-0.15, -0.1) is 0 Å². The molecule has 0 radical (unpaired) electrons. The largest absolute Gasteiger partial charge is 0.467 e. The molecular weight excluding hydrogens is 328 g/mol. The molecule has 3 rings (SSSR count). The Morgan fingerprint density at radius 2 is 2.04 bits per heavy atom. The first kappa shape index (κ1) is 16.0. The fourth-order valence-electron chi connectivity index (χ4n) is 2.04. The standard InChI is InChI=1S/C17H15ClN4O2/c1-11-4-5-13(18)7-15(11)22-17-20-8-12(9-21-17)16(23)19-10-14-3-2-6-24-14/h2-9H,10H2,1H3,(H,19,23)(H,20,21,22). The third-order valence-corrected chi connectivity index (χ3v) is 3.60. The van der Waals surface area contributed by atoms with Crippen molar-refractivity contribution in [1.82, 2.24) is 15.3 Å². The summed E-state index contributed by atoms with van der Waals surface area (Å²) >= 11 is 5.99. The van der Waals surface area contributed by atoms with Crippen molar-refractivity contribution < 1.29 is 9.21 Å². The zero-order valence-corrected chi connectivity index (χ0v) is 13.7. The molecule has 0 aliphatic carbocycles. The zero-order valence-electron chi connectivity index (χ0n) is 12.9. The lowest BCUT2D eigenvalue weighted by Crippen LogP contribution is -2.23. The molecule has 3 aromatic rings. The summed E-state index contributed by atoms with van der Waals surface area (Å²) in [6.45, 7) is 2.27. The van der Waals surface area contributed by atoms with Crippen molar-refractivity contribution in [3.05, 3.63) is 70.9 Å². The molecule has 0 unspecified atom stereocenters. The number of benzene rings is 1. The van der Waals surface area contributed by atoms with Crippen LogP contribution in [0.15, 0.2) is 53.4 Å². The van der Waals surface area contributed by atoms with E-state index in [1.54, 1.807) is 24.5 Å². The summed E-state index contributed by atoms with van der Waals surface area (Å²) in [7, 11) is 0. The van der Waals surface area contributed by atoms with Crippen molar-refractivity contribution in [1.29, 1.82) is 0 Å². The average molecular weight is 343 g/mol. The Bertz CT molecular complexity index is 832. The van der Waals surface area contributed by atoms with Crippen molar-refractivity contribution in [3.63, 3.8) is 0 Å². The number of halogens is 1. The Morgan fingerprint density at radius 3 is 2.75 bits per heavy atom. The van der Waals surface area contributed by atoms with Gasteiger partial charge >= 0.3 is 0 Å². The fourth-order valence-corrected chi connectivity index (χ4v) is 2.21. The van der Waals surface area contributed by atoms with E-state index in [4.69, 9.17) is 16.0 Å². The number of carbonyl (C=O) groups excluding carboxylic acids is 1. The lowest BCUT2D eigenvalue weighted by Gasteiger charge is -2.09. The van der Waals surface area contributed by atoms with E-state index >= 15 is 0 Å². The maximum atomic E-state index is 12.0. The van der Waals surface area contributed by atoms with Crippen molar-refractivity contribution >= 4 is 29.1 Å². The van der Waals surface area contributed by atoms with Gasteiger partial charge in [0.2, 0.25) is 5.95 Å². The summed E-state index contributed by atoms with van der Waals surface area (Å²) in [5, 5.41) is 6.44. The molecule has 0 atom stereocenters. The molecular formula is C17H15ClN4O2. The first-order chi connectivity index (χ1) is 11.6. The highest BCUT2D eigenvalue weighted by Gasteiger charge is 2.08. The monoisotopic (exact) mass is 342 g/mol. The number of rotatable bonds is 5. The molecule has 1 amide bonds. The van der Waals surface area contributed by atoms with Gasteiger partial charge in [-0.1, -0.05) is 17.7 Å². The van der Waals surface area contributed by atoms with Crippen LogP contribution < -0.4 is 10.6 Å². The molecule has 2 N–H and O–H groups in total. The predicted octanol–water partition coefficient (Wildman–Crippen LogP) is 3.71. The minimum Gasteiger partial charge on any atom is -0.467 e. The van der Waals surface area contributed by atoms with E-state index < -0.39 is 0 Å². The Balaban J connectivity index is 1.64. The van der Waals surface area contributed by atoms with Crippen LogP contribution in [0.2, 0.25) is 5.02 Å². The van der Waals surface area contributed by atoms with Gasteiger partial charge in [0.05, 0.1) is 18.4 Å². The molecule has 122 valence electrons. The third-order valence-electron chi connectivity index (χ3n) is 3.36. The summed E-state index contributed by atoms with van der Waals surface area (Å²) in [5.74, 6) is 0.804. The van der Waals surface area contributed by atoms with Crippen LogP contribution in [0.3, 0.4) is 0 Å². The molecule has 2 aromatic heterocycles. The van der Waals surface area contributed by atoms with E-state index in [0.717, 1.165) is 11.3 Å². The molecule has 0 spiro atoms. The highest BCUT2D eigenvalue weighted by atomic mass is 35.5. The van der Waals surface area contributed by atoms with Gasteiger partial charge in [0.15, 0.2) is 0 Å². The molecule has 0 saturated heterocycles. The van der Waals surface area contributed by atoms with E-state index in [1.807, 2.05) is 19.1 Å². The van der Waals surface area contributed by atoms with Gasteiger partial charge in [0, 0.05) is 23.1 Å². The molecule has 7 heteroatoms. The summed E-state index contributed by atoms with van der Waals surface area (Å²) in [5.41, 5.74) is 2.20. The van der Waals surface area contributed by atoms with E-state index in [-0.39, 0.29) is 5.91 Å². The lowest BCUT2D eigenvalue weighted by atomic mass is 10.2. The minimum absolute atomic E-state index is 0.267. The van der Waals surface area contributed by atoms with Crippen molar-refractivity contribution in [3.8, 4) is 0 Å². The molecule has 24 heavy (non-hydrogen) atoms. The maximum Gasteiger partial charge on any atom is 0.254 e. The second-order valence-electron chi connectivity index (χ2n) is 5.14.